The van der Waals surface area contributed by atoms with Gasteiger partial charge < -0.3 is 0 Å². The molecule has 3 atom stereocenters. The van der Waals surface area contributed by atoms with Crippen LogP contribution in [0.5, 0.6) is 0 Å². The number of aryl methyl sites for hydroxylation is 2. The lowest BCUT2D eigenvalue weighted by Crippen LogP contribution is -2.31. The maximum absolute atomic E-state index is 12.2. The zero-order valence-corrected chi connectivity index (χ0v) is 13.3. The van der Waals surface area contributed by atoms with Gasteiger partial charge in [-0.3, -0.25) is 4.79 Å². The number of thiophene rings is 1. The molecule has 1 aromatic rings. The average Bonchev–Trinajstić information content (AvgIpc) is 2.91. The van der Waals surface area contributed by atoms with Crippen molar-refractivity contribution in [2.45, 2.75) is 43.7 Å². The number of nitrogens with one attached hydrogen (secondary N) is 1. The normalized spacial score (nSPS) is 28.2. The first-order valence-corrected chi connectivity index (χ1v) is 9.29. The van der Waals surface area contributed by atoms with Gasteiger partial charge in [-0.15, -0.1) is 11.3 Å². The van der Waals surface area contributed by atoms with Crippen molar-refractivity contribution >= 4 is 27.3 Å². The van der Waals surface area contributed by atoms with Crippen LogP contribution in [0.15, 0.2) is 10.3 Å². The third-order valence-electron chi connectivity index (χ3n) is 4.60. The molecular formula is C14H19NO3S2. The molecule has 0 saturated heterocycles. The minimum absolute atomic E-state index is 0.233. The molecule has 2 fully saturated rings. The highest BCUT2D eigenvalue weighted by Gasteiger charge is 2.48. The fourth-order valence-electron chi connectivity index (χ4n) is 3.23. The van der Waals surface area contributed by atoms with Crippen LogP contribution < -0.4 is 4.72 Å². The molecule has 0 radical (unpaired) electrons. The smallest absolute Gasteiger partial charge is 0.273 e. The molecule has 2 saturated carbocycles. The van der Waals surface area contributed by atoms with Crippen LogP contribution in [0.4, 0.5) is 0 Å². The second-order valence-electron chi connectivity index (χ2n) is 6.03. The van der Waals surface area contributed by atoms with Crippen molar-refractivity contribution in [2.75, 3.05) is 0 Å². The van der Waals surface area contributed by atoms with E-state index in [4.69, 9.17) is 0 Å². The van der Waals surface area contributed by atoms with Crippen LogP contribution in [0, 0.1) is 31.6 Å². The van der Waals surface area contributed by atoms with Gasteiger partial charge in [-0.25, -0.2) is 13.1 Å². The lowest BCUT2D eigenvalue weighted by molar-refractivity contribution is -0.120. The Morgan fingerprint density at radius 2 is 2.15 bits per heavy atom. The lowest BCUT2D eigenvalue weighted by atomic mass is 9.99. The van der Waals surface area contributed by atoms with Crippen molar-refractivity contribution in [3.63, 3.8) is 0 Å². The van der Waals surface area contributed by atoms with E-state index in [1.54, 1.807) is 6.07 Å². The molecule has 6 heteroatoms. The maximum atomic E-state index is 12.2. The predicted molar refractivity (Wildman–Crippen MR) is 78.1 cm³/mol. The Balaban J connectivity index is 1.65. The summed E-state index contributed by atoms with van der Waals surface area (Å²) >= 11 is 1.21. The maximum Gasteiger partial charge on any atom is 0.273 e. The molecule has 0 spiro atoms. The fraction of sp³-hybridized carbons (Fsp3) is 0.643. The van der Waals surface area contributed by atoms with E-state index in [2.05, 4.69) is 4.72 Å². The van der Waals surface area contributed by atoms with Gasteiger partial charge in [0.2, 0.25) is 5.91 Å². The van der Waals surface area contributed by atoms with E-state index >= 15 is 0 Å². The molecule has 0 aliphatic heterocycles. The van der Waals surface area contributed by atoms with Gasteiger partial charge in [0.05, 0.1) is 0 Å². The molecule has 2 aliphatic rings. The summed E-state index contributed by atoms with van der Waals surface area (Å²) in [6, 6.07) is 1.63. The van der Waals surface area contributed by atoms with Gasteiger partial charge in [0.1, 0.15) is 4.21 Å². The number of carbonyl (C=O) groups excluding carboxylic acids is 1. The van der Waals surface area contributed by atoms with Gasteiger partial charge in [-0.2, -0.15) is 0 Å². The van der Waals surface area contributed by atoms with Crippen molar-refractivity contribution in [1.82, 2.24) is 4.72 Å². The van der Waals surface area contributed by atoms with E-state index in [1.165, 1.54) is 24.2 Å². The van der Waals surface area contributed by atoms with Gasteiger partial charge in [-0.1, -0.05) is 0 Å². The summed E-state index contributed by atoms with van der Waals surface area (Å²) < 4.78 is 26.8. The van der Waals surface area contributed by atoms with Crippen molar-refractivity contribution < 1.29 is 13.2 Å². The molecule has 0 aromatic carbocycles. The molecule has 4 nitrogen and oxygen atoms in total. The zero-order valence-electron chi connectivity index (χ0n) is 11.7. The summed E-state index contributed by atoms with van der Waals surface area (Å²) in [7, 11) is -3.69. The van der Waals surface area contributed by atoms with Crippen LogP contribution >= 0.6 is 11.3 Å². The van der Waals surface area contributed by atoms with Gasteiger partial charge in [0.15, 0.2) is 0 Å². The van der Waals surface area contributed by atoms with Crippen LogP contribution in [0.1, 0.15) is 36.1 Å². The number of hydrogen-bond acceptors (Lipinski definition) is 4. The van der Waals surface area contributed by atoms with Crippen molar-refractivity contribution in [3.8, 4) is 0 Å². The molecule has 2 aliphatic carbocycles. The predicted octanol–water partition coefficient (Wildman–Crippen LogP) is 2.61. The Hall–Kier alpha value is -0.880. The summed E-state index contributed by atoms with van der Waals surface area (Å²) in [6.45, 7) is 3.75. The Kier molecular flexibility index (Phi) is 3.41. The summed E-state index contributed by atoms with van der Waals surface area (Å²) in [5.41, 5.74) is 0.944. The van der Waals surface area contributed by atoms with Crippen LogP contribution in [0.25, 0.3) is 0 Å². The van der Waals surface area contributed by atoms with E-state index in [9.17, 15) is 13.2 Å². The first-order valence-electron chi connectivity index (χ1n) is 6.99. The first-order chi connectivity index (χ1) is 9.37. The third-order valence-corrected chi connectivity index (χ3v) is 7.59. The topological polar surface area (TPSA) is 63.2 Å². The number of carbonyl (C=O) groups is 1. The van der Waals surface area contributed by atoms with Crippen molar-refractivity contribution in [1.29, 1.82) is 0 Å². The molecule has 1 amide bonds. The fourth-order valence-corrected chi connectivity index (χ4v) is 5.74. The quantitative estimate of drug-likeness (QED) is 0.929. The number of hydrogen-bond donors (Lipinski definition) is 1. The second-order valence-corrected chi connectivity index (χ2v) is 9.20. The second kappa shape index (κ2) is 4.84. The Morgan fingerprint density at radius 1 is 1.40 bits per heavy atom. The minimum Gasteiger partial charge on any atom is -0.274 e. The van der Waals surface area contributed by atoms with Gasteiger partial charge in [-0.05, 0) is 62.5 Å². The van der Waals surface area contributed by atoms with Crippen LogP contribution in [0.2, 0.25) is 0 Å². The molecule has 110 valence electrons. The molecule has 0 bridgehead atoms. The molecule has 3 rings (SSSR count). The standard InChI is InChI=1S/C14H19NO3S2/c1-8-5-14(19-9(8)2)20(17,18)15-13(16)7-11-4-3-10-6-12(10)11/h5,10-12H,3-4,6-7H2,1-2H3,(H,15,16). The average molecular weight is 313 g/mol. The summed E-state index contributed by atoms with van der Waals surface area (Å²) in [4.78, 5) is 12.9. The first kappa shape index (κ1) is 14.1. The highest BCUT2D eigenvalue weighted by molar-refractivity contribution is 7.92. The third kappa shape index (κ3) is 2.63. The summed E-state index contributed by atoms with van der Waals surface area (Å²) in [5.74, 6) is 1.52. The Labute approximate surface area is 123 Å². The van der Waals surface area contributed by atoms with Gasteiger partial charge >= 0.3 is 0 Å². The highest BCUT2D eigenvalue weighted by Crippen LogP contribution is 2.56. The van der Waals surface area contributed by atoms with Crippen LogP contribution in [-0.2, 0) is 14.8 Å². The zero-order chi connectivity index (χ0) is 14.5. The van der Waals surface area contributed by atoms with Gasteiger partial charge in [0.25, 0.3) is 10.0 Å². The van der Waals surface area contributed by atoms with E-state index in [0.717, 1.165) is 22.8 Å². The summed E-state index contributed by atoms with van der Waals surface area (Å²) in [5, 5.41) is 0. The SMILES string of the molecule is Cc1cc(S(=O)(=O)NC(=O)CC2CCC3CC23)sc1C. The van der Waals surface area contributed by atoms with E-state index < -0.39 is 10.0 Å². The molecule has 1 heterocycles. The Bertz CT molecular complexity index is 628. The van der Waals surface area contributed by atoms with Crippen LogP contribution in [-0.4, -0.2) is 14.3 Å². The molecule has 1 N–H and O–H groups in total. The number of sulfonamides is 1. The molecule has 1 aromatic heterocycles. The monoisotopic (exact) mass is 313 g/mol. The summed E-state index contributed by atoms with van der Waals surface area (Å²) in [6.07, 6.45) is 3.86. The number of rotatable bonds is 4. The van der Waals surface area contributed by atoms with Crippen LogP contribution in [0.3, 0.4) is 0 Å². The van der Waals surface area contributed by atoms with E-state index in [-0.39, 0.29) is 10.1 Å². The van der Waals surface area contributed by atoms with Crippen molar-refractivity contribution in [2.24, 2.45) is 17.8 Å². The number of amides is 1. The van der Waals surface area contributed by atoms with E-state index in [0.29, 0.717) is 18.3 Å². The molecular weight excluding hydrogens is 294 g/mol. The van der Waals surface area contributed by atoms with Crippen molar-refractivity contribution in [3.05, 3.63) is 16.5 Å². The minimum atomic E-state index is -3.69. The van der Waals surface area contributed by atoms with E-state index in [1.807, 2.05) is 13.8 Å². The van der Waals surface area contributed by atoms with Gasteiger partial charge in [0, 0.05) is 11.3 Å². The highest BCUT2D eigenvalue weighted by atomic mass is 32.2. The number of fused-ring (bicyclic) bond motifs is 1. The molecule has 20 heavy (non-hydrogen) atoms. The lowest BCUT2D eigenvalue weighted by Gasteiger charge is -2.11. The molecule has 3 unspecified atom stereocenters. The Morgan fingerprint density at radius 3 is 2.65 bits per heavy atom. The largest absolute Gasteiger partial charge is 0.274 e.